The SMILES string of the molecule is CC(=O)c1ccc(NC(=O)NCCCN2CCN(Cc3ccc(Cl)cc3)CC2)cc1.Cl.Cl.O.O. The number of Topliss-reactive ketones (excluding diaryl/α,β-unsaturated/α-hetero) is 1. The molecule has 0 spiro atoms. The second-order valence-corrected chi connectivity index (χ2v) is 8.05. The lowest BCUT2D eigenvalue weighted by molar-refractivity contribution is 0.101. The highest BCUT2D eigenvalue weighted by Gasteiger charge is 2.16. The van der Waals surface area contributed by atoms with E-state index in [9.17, 15) is 9.59 Å². The van der Waals surface area contributed by atoms with E-state index in [-0.39, 0.29) is 47.6 Å². The lowest BCUT2D eigenvalue weighted by Crippen LogP contribution is -2.46. The van der Waals surface area contributed by atoms with Crippen LogP contribution in [0.5, 0.6) is 0 Å². The molecule has 2 amide bonds. The third kappa shape index (κ3) is 11.5. The minimum absolute atomic E-state index is 0. The summed E-state index contributed by atoms with van der Waals surface area (Å²) in [7, 11) is 0. The number of piperazine rings is 1. The van der Waals surface area contributed by atoms with Crippen molar-refractivity contribution in [1.29, 1.82) is 0 Å². The van der Waals surface area contributed by atoms with Crippen LogP contribution in [0.2, 0.25) is 5.02 Å². The number of anilines is 1. The van der Waals surface area contributed by atoms with E-state index in [0.29, 0.717) is 17.8 Å². The van der Waals surface area contributed by atoms with Crippen molar-refractivity contribution in [2.24, 2.45) is 0 Å². The Morgan fingerprint density at radius 1 is 0.882 bits per heavy atom. The van der Waals surface area contributed by atoms with Gasteiger partial charge in [-0.3, -0.25) is 9.69 Å². The van der Waals surface area contributed by atoms with Crippen LogP contribution in [0.3, 0.4) is 0 Å². The maximum atomic E-state index is 12.0. The van der Waals surface area contributed by atoms with Gasteiger partial charge in [-0.05, 0) is 61.9 Å². The Balaban J connectivity index is 0. The van der Waals surface area contributed by atoms with E-state index in [1.807, 2.05) is 12.1 Å². The molecule has 1 heterocycles. The normalized spacial score (nSPS) is 13.2. The monoisotopic (exact) mass is 536 g/mol. The van der Waals surface area contributed by atoms with E-state index in [1.165, 1.54) is 12.5 Å². The number of nitrogens with one attached hydrogen (secondary N) is 2. The van der Waals surface area contributed by atoms with Gasteiger partial charge in [-0.2, -0.15) is 0 Å². The summed E-state index contributed by atoms with van der Waals surface area (Å²) in [6.45, 7) is 8.27. The molecule has 1 aliphatic heterocycles. The summed E-state index contributed by atoms with van der Waals surface area (Å²) < 4.78 is 0. The number of hydrogen-bond acceptors (Lipinski definition) is 4. The molecule has 1 aliphatic rings. The Bertz CT molecular complexity index is 846. The molecular formula is C23H35Cl3N4O4. The van der Waals surface area contributed by atoms with Crippen molar-refractivity contribution in [3.05, 3.63) is 64.7 Å². The first-order valence-corrected chi connectivity index (χ1v) is 10.7. The van der Waals surface area contributed by atoms with Gasteiger partial charge in [0.25, 0.3) is 0 Å². The van der Waals surface area contributed by atoms with Crippen LogP contribution in [0.4, 0.5) is 10.5 Å². The molecule has 11 heteroatoms. The molecule has 0 aromatic heterocycles. The number of halogens is 3. The first-order valence-electron chi connectivity index (χ1n) is 10.3. The average molecular weight is 538 g/mol. The van der Waals surface area contributed by atoms with E-state index in [0.717, 1.165) is 50.7 Å². The van der Waals surface area contributed by atoms with Crippen LogP contribution in [-0.2, 0) is 6.54 Å². The maximum absolute atomic E-state index is 12.0. The Kier molecular flexibility index (Phi) is 17.6. The summed E-state index contributed by atoms with van der Waals surface area (Å²) in [5, 5.41) is 6.45. The predicted octanol–water partition coefficient (Wildman–Crippen LogP) is 3.07. The number of carbonyl (C=O) groups excluding carboxylic acids is 2. The Morgan fingerprint density at radius 3 is 2.00 bits per heavy atom. The van der Waals surface area contributed by atoms with Crippen molar-refractivity contribution in [3.8, 4) is 0 Å². The highest BCUT2D eigenvalue weighted by atomic mass is 35.5. The summed E-state index contributed by atoms with van der Waals surface area (Å²) in [6, 6.07) is 14.7. The Labute approximate surface area is 218 Å². The molecule has 1 saturated heterocycles. The fourth-order valence-corrected chi connectivity index (χ4v) is 3.61. The summed E-state index contributed by atoms with van der Waals surface area (Å²) in [4.78, 5) is 28.2. The van der Waals surface area contributed by atoms with E-state index >= 15 is 0 Å². The maximum Gasteiger partial charge on any atom is 0.319 e. The topological polar surface area (TPSA) is 128 Å². The molecule has 34 heavy (non-hydrogen) atoms. The van der Waals surface area contributed by atoms with Gasteiger partial charge in [-0.25, -0.2) is 4.79 Å². The quantitative estimate of drug-likeness (QED) is 0.396. The molecule has 6 N–H and O–H groups in total. The van der Waals surface area contributed by atoms with Crippen LogP contribution in [-0.4, -0.2) is 71.8 Å². The van der Waals surface area contributed by atoms with Crippen LogP contribution in [0.1, 0.15) is 29.3 Å². The van der Waals surface area contributed by atoms with E-state index in [4.69, 9.17) is 11.6 Å². The molecule has 0 radical (unpaired) electrons. The van der Waals surface area contributed by atoms with E-state index in [2.05, 4.69) is 32.6 Å². The summed E-state index contributed by atoms with van der Waals surface area (Å²) >= 11 is 5.95. The predicted molar refractivity (Wildman–Crippen MR) is 143 cm³/mol. The standard InChI is InChI=1S/C23H29ClN4O2.2ClH.2H2O/c1-18(29)20-5-9-22(10-6-20)26-23(30)25-11-2-12-27-13-15-28(16-14-27)17-19-3-7-21(24)8-4-19;;;;/h3-10H,2,11-17H2,1H3,(H2,25,26,30);2*1H;2*1H2. The minimum atomic E-state index is -0.224. The summed E-state index contributed by atoms with van der Waals surface area (Å²) in [6.07, 6.45) is 0.911. The van der Waals surface area contributed by atoms with Crippen molar-refractivity contribution < 1.29 is 20.5 Å². The number of ketones is 1. The zero-order valence-corrected chi connectivity index (χ0v) is 21.6. The molecule has 192 valence electrons. The third-order valence-electron chi connectivity index (χ3n) is 5.27. The third-order valence-corrected chi connectivity index (χ3v) is 5.52. The number of nitrogens with zero attached hydrogens (tertiary/aromatic N) is 2. The Morgan fingerprint density at radius 2 is 1.44 bits per heavy atom. The van der Waals surface area contributed by atoms with Crippen molar-refractivity contribution in [1.82, 2.24) is 15.1 Å². The highest BCUT2D eigenvalue weighted by molar-refractivity contribution is 6.30. The van der Waals surface area contributed by atoms with Crippen molar-refractivity contribution in [2.75, 3.05) is 44.6 Å². The second-order valence-electron chi connectivity index (χ2n) is 7.61. The van der Waals surface area contributed by atoms with Crippen molar-refractivity contribution >= 4 is 53.9 Å². The van der Waals surface area contributed by atoms with Gasteiger partial charge in [0.15, 0.2) is 5.78 Å². The number of benzene rings is 2. The highest BCUT2D eigenvalue weighted by Crippen LogP contribution is 2.13. The van der Waals surface area contributed by atoms with Gasteiger partial charge in [0.05, 0.1) is 0 Å². The molecule has 1 fully saturated rings. The van der Waals surface area contributed by atoms with Gasteiger partial charge in [-0.1, -0.05) is 23.7 Å². The number of rotatable bonds is 8. The zero-order valence-electron chi connectivity index (χ0n) is 19.2. The molecular weight excluding hydrogens is 503 g/mol. The molecule has 0 bridgehead atoms. The van der Waals surface area contributed by atoms with Crippen LogP contribution in [0.15, 0.2) is 48.5 Å². The lowest BCUT2D eigenvalue weighted by atomic mass is 10.1. The number of urea groups is 1. The van der Waals surface area contributed by atoms with Gasteiger partial charge in [0.2, 0.25) is 0 Å². The molecule has 8 nitrogen and oxygen atoms in total. The fraction of sp³-hybridized carbons (Fsp3) is 0.391. The van der Waals surface area contributed by atoms with Crippen LogP contribution >= 0.6 is 36.4 Å². The van der Waals surface area contributed by atoms with Gasteiger partial charge < -0.3 is 26.5 Å². The van der Waals surface area contributed by atoms with Gasteiger partial charge in [-0.15, -0.1) is 24.8 Å². The molecule has 2 aromatic rings. The van der Waals surface area contributed by atoms with E-state index in [1.54, 1.807) is 24.3 Å². The second kappa shape index (κ2) is 17.5. The van der Waals surface area contributed by atoms with Gasteiger partial charge in [0, 0.05) is 55.5 Å². The molecule has 2 aromatic carbocycles. The average Bonchev–Trinajstić information content (AvgIpc) is 2.74. The summed E-state index contributed by atoms with van der Waals surface area (Å²) in [5.41, 5.74) is 2.60. The zero-order chi connectivity index (χ0) is 21.3. The van der Waals surface area contributed by atoms with Crippen LogP contribution < -0.4 is 10.6 Å². The number of carbonyl (C=O) groups is 2. The molecule has 0 unspecified atom stereocenters. The van der Waals surface area contributed by atoms with E-state index < -0.39 is 0 Å². The largest absolute Gasteiger partial charge is 0.412 e. The number of hydrogen-bond donors (Lipinski definition) is 2. The first-order chi connectivity index (χ1) is 14.5. The minimum Gasteiger partial charge on any atom is -0.412 e. The van der Waals surface area contributed by atoms with Crippen LogP contribution in [0, 0.1) is 0 Å². The smallest absolute Gasteiger partial charge is 0.319 e. The first kappa shape index (κ1) is 34.3. The van der Waals surface area contributed by atoms with Crippen molar-refractivity contribution in [2.45, 2.75) is 19.9 Å². The van der Waals surface area contributed by atoms with Crippen LogP contribution in [0.25, 0.3) is 0 Å². The summed E-state index contributed by atoms with van der Waals surface area (Å²) in [5.74, 6) is 0.0109. The molecule has 0 aliphatic carbocycles. The molecule has 0 saturated carbocycles. The number of amides is 2. The fourth-order valence-electron chi connectivity index (χ4n) is 3.49. The van der Waals surface area contributed by atoms with Gasteiger partial charge >= 0.3 is 6.03 Å². The lowest BCUT2D eigenvalue weighted by Gasteiger charge is -2.34. The molecule has 0 atom stereocenters. The van der Waals surface area contributed by atoms with Gasteiger partial charge in [0.1, 0.15) is 0 Å². The molecule has 3 rings (SSSR count). The van der Waals surface area contributed by atoms with Crippen molar-refractivity contribution in [3.63, 3.8) is 0 Å². The Hall–Kier alpha value is -1.91.